The standard InChI is InChI=1S/C13H11BrN2O2S/c14-7-2-1-3-8(6-7)15-13-16-11-9(12(17)18)4-5-10(11)19-13/h1-3,6,9H,4-5H2,(H,15,16)(H,17,18). The number of hydrogen-bond acceptors (Lipinski definition) is 4. The van der Waals surface area contributed by atoms with Crippen molar-refractivity contribution in [2.75, 3.05) is 5.32 Å². The number of thiazole rings is 1. The monoisotopic (exact) mass is 338 g/mol. The van der Waals surface area contributed by atoms with E-state index in [9.17, 15) is 4.79 Å². The van der Waals surface area contributed by atoms with Crippen molar-refractivity contribution >= 4 is 44.1 Å². The van der Waals surface area contributed by atoms with Gasteiger partial charge in [0.25, 0.3) is 0 Å². The fourth-order valence-electron chi connectivity index (χ4n) is 2.21. The molecule has 1 aliphatic carbocycles. The van der Waals surface area contributed by atoms with Crippen LogP contribution in [0.2, 0.25) is 0 Å². The number of hydrogen-bond donors (Lipinski definition) is 2. The molecule has 1 atom stereocenters. The van der Waals surface area contributed by atoms with Crippen molar-refractivity contribution in [2.45, 2.75) is 18.8 Å². The van der Waals surface area contributed by atoms with Gasteiger partial charge in [-0.15, -0.1) is 11.3 Å². The fraction of sp³-hybridized carbons (Fsp3) is 0.231. The lowest BCUT2D eigenvalue weighted by atomic mass is 10.1. The minimum absolute atomic E-state index is 0.440. The number of anilines is 2. The highest BCUT2D eigenvalue weighted by molar-refractivity contribution is 9.10. The Hall–Kier alpha value is -1.40. The average Bonchev–Trinajstić information content (AvgIpc) is 2.87. The van der Waals surface area contributed by atoms with Gasteiger partial charge in [0.2, 0.25) is 0 Å². The number of carboxylic acid groups (broad SMARTS) is 1. The van der Waals surface area contributed by atoms with E-state index < -0.39 is 11.9 Å². The summed E-state index contributed by atoms with van der Waals surface area (Å²) in [6.45, 7) is 0. The molecular weight excluding hydrogens is 328 g/mol. The third kappa shape index (κ3) is 2.50. The number of benzene rings is 1. The summed E-state index contributed by atoms with van der Waals surface area (Å²) in [5.74, 6) is -1.22. The Balaban J connectivity index is 1.85. The molecule has 19 heavy (non-hydrogen) atoms. The van der Waals surface area contributed by atoms with Crippen LogP contribution in [0.3, 0.4) is 0 Å². The Kier molecular flexibility index (Phi) is 3.28. The molecule has 0 radical (unpaired) electrons. The molecule has 0 spiro atoms. The Bertz CT molecular complexity index is 641. The predicted octanol–water partition coefficient (Wildman–Crippen LogP) is 3.76. The normalized spacial score (nSPS) is 17.2. The molecule has 1 aromatic heterocycles. The predicted molar refractivity (Wildman–Crippen MR) is 78.2 cm³/mol. The molecule has 0 amide bonds. The van der Waals surface area contributed by atoms with Crippen LogP contribution in [0.1, 0.15) is 22.9 Å². The molecular formula is C13H11BrN2O2S. The molecule has 0 saturated heterocycles. The van der Waals surface area contributed by atoms with E-state index in [0.29, 0.717) is 6.42 Å². The molecule has 1 heterocycles. The van der Waals surface area contributed by atoms with E-state index in [1.807, 2.05) is 24.3 Å². The second-order valence-corrected chi connectivity index (χ2v) is 6.39. The van der Waals surface area contributed by atoms with Crippen LogP contribution in [0.5, 0.6) is 0 Å². The van der Waals surface area contributed by atoms with E-state index in [-0.39, 0.29) is 0 Å². The molecule has 98 valence electrons. The van der Waals surface area contributed by atoms with E-state index in [2.05, 4.69) is 26.2 Å². The van der Waals surface area contributed by atoms with Crippen LogP contribution in [0.15, 0.2) is 28.7 Å². The maximum atomic E-state index is 11.1. The summed E-state index contributed by atoms with van der Waals surface area (Å²) >= 11 is 4.96. The van der Waals surface area contributed by atoms with E-state index >= 15 is 0 Å². The summed E-state index contributed by atoms with van der Waals surface area (Å²) in [5.41, 5.74) is 1.67. The summed E-state index contributed by atoms with van der Waals surface area (Å²) in [5, 5.41) is 13.1. The number of aliphatic carboxylic acids is 1. The van der Waals surface area contributed by atoms with Gasteiger partial charge < -0.3 is 10.4 Å². The lowest BCUT2D eigenvalue weighted by Crippen LogP contribution is -2.08. The topological polar surface area (TPSA) is 62.2 Å². The molecule has 1 aromatic carbocycles. The Morgan fingerprint density at radius 2 is 2.37 bits per heavy atom. The van der Waals surface area contributed by atoms with Gasteiger partial charge >= 0.3 is 5.97 Å². The molecule has 1 unspecified atom stereocenters. The Morgan fingerprint density at radius 3 is 3.11 bits per heavy atom. The summed E-state index contributed by atoms with van der Waals surface area (Å²) in [4.78, 5) is 16.6. The van der Waals surface area contributed by atoms with Crippen molar-refractivity contribution in [3.8, 4) is 0 Å². The summed E-state index contributed by atoms with van der Waals surface area (Å²) in [7, 11) is 0. The number of aryl methyl sites for hydroxylation is 1. The number of nitrogens with zero attached hydrogens (tertiary/aromatic N) is 1. The molecule has 4 nitrogen and oxygen atoms in total. The third-order valence-electron chi connectivity index (χ3n) is 3.09. The van der Waals surface area contributed by atoms with Gasteiger partial charge in [-0.2, -0.15) is 0 Å². The van der Waals surface area contributed by atoms with Crippen LogP contribution in [-0.4, -0.2) is 16.1 Å². The highest BCUT2D eigenvalue weighted by Gasteiger charge is 2.32. The number of aromatic nitrogens is 1. The van der Waals surface area contributed by atoms with Crippen LogP contribution >= 0.6 is 27.3 Å². The van der Waals surface area contributed by atoms with Crippen molar-refractivity contribution in [1.82, 2.24) is 4.98 Å². The minimum Gasteiger partial charge on any atom is -0.481 e. The lowest BCUT2D eigenvalue weighted by molar-refractivity contribution is -0.138. The maximum absolute atomic E-state index is 11.1. The summed E-state index contributed by atoms with van der Waals surface area (Å²) in [6.07, 6.45) is 1.48. The van der Waals surface area contributed by atoms with Gasteiger partial charge in [-0.05, 0) is 31.0 Å². The van der Waals surface area contributed by atoms with Crippen molar-refractivity contribution in [3.05, 3.63) is 39.3 Å². The van der Waals surface area contributed by atoms with Gasteiger partial charge in [0, 0.05) is 15.0 Å². The van der Waals surface area contributed by atoms with Gasteiger partial charge in [-0.25, -0.2) is 4.98 Å². The lowest BCUT2D eigenvalue weighted by Gasteiger charge is -2.04. The zero-order valence-corrected chi connectivity index (χ0v) is 12.3. The van der Waals surface area contributed by atoms with E-state index in [4.69, 9.17) is 5.11 Å². The molecule has 0 aliphatic heterocycles. The summed E-state index contributed by atoms with van der Waals surface area (Å²) < 4.78 is 0.991. The zero-order valence-electron chi connectivity index (χ0n) is 9.89. The highest BCUT2D eigenvalue weighted by Crippen LogP contribution is 2.39. The zero-order chi connectivity index (χ0) is 13.4. The number of carboxylic acids is 1. The number of rotatable bonds is 3. The molecule has 3 rings (SSSR count). The first-order valence-electron chi connectivity index (χ1n) is 5.88. The van der Waals surface area contributed by atoms with Crippen molar-refractivity contribution in [3.63, 3.8) is 0 Å². The SMILES string of the molecule is O=C(O)C1CCc2sc(Nc3cccc(Br)c3)nc21. The molecule has 2 aromatic rings. The van der Waals surface area contributed by atoms with Gasteiger partial charge in [0.1, 0.15) is 5.92 Å². The molecule has 6 heteroatoms. The smallest absolute Gasteiger partial charge is 0.312 e. The van der Waals surface area contributed by atoms with Crippen LogP contribution < -0.4 is 5.32 Å². The van der Waals surface area contributed by atoms with Crippen molar-refractivity contribution in [1.29, 1.82) is 0 Å². The Labute approximate surface area is 122 Å². The minimum atomic E-state index is -0.780. The molecule has 0 fully saturated rings. The van der Waals surface area contributed by atoms with Gasteiger partial charge in [0.15, 0.2) is 5.13 Å². The van der Waals surface area contributed by atoms with Crippen molar-refractivity contribution in [2.24, 2.45) is 0 Å². The van der Waals surface area contributed by atoms with E-state index in [0.717, 1.165) is 32.3 Å². The van der Waals surface area contributed by atoms with Crippen LogP contribution in [0.4, 0.5) is 10.8 Å². The first-order chi connectivity index (χ1) is 9.13. The van der Waals surface area contributed by atoms with Gasteiger partial charge in [0.05, 0.1) is 5.69 Å². The van der Waals surface area contributed by atoms with Crippen LogP contribution in [-0.2, 0) is 11.2 Å². The van der Waals surface area contributed by atoms with Gasteiger partial charge in [-0.1, -0.05) is 22.0 Å². The largest absolute Gasteiger partial charge is 0.481 e. The number of nitrogens with one attached hydrogen (secondary N) is 1. The van der Waals surface area contributed by atoms with Crippen LogP contribution in [0, 0.1) is 0 Å². The quantitative estimate of drug-likeness (QED) is 0.894. The number of halogens is 1. The molecule has 0 saturated carbocycles. The number of fused-ring (bicyclic) bond motifs is 1. The second kappa shape index (κ2) is 4.94. The first-order valence-corrected chi connectivity index (χ1v) is 7.49. The average molecular weight is 339 g/mol. The molecule has 2 N–H and O–H groups in total. The van der Waals surface area contributed by atoms with Crippen LogP contribution in [0.25, 0.3) is 0 Å². The molecule has 1 aliphatic rings. The van der Waals surface area contributed by atoms with E-state index in [1.165, 1.54) is 0 Å². The van der Waals surface area contributed by atoms with Crippen molar-refractivity contribution < 1.29 is 9.90 Å². The van der Waals surface area contributed by atoms with Gasteiger partial charge in [-0.3, -0.25) is 4.79 Å². The third-order valence-corrected chi connectivity index (χ3v) is 4.63. The number of carbonyl (C=O) groups is 1. The maximum Gasteiger partial charge on any atom is 0.312 e. The van der Waals surface area contributed by atoms with E-state index in [1.54, 1.807) is 11.3 Å². The molecule has 0 bridgehead atoms. The first kappa shape index (κ1) is 12.6. The fourth-order valence-corrected chi connectivity index (χ4v) is 3.67. The highest BCUT2D eigenvalue weighted by atomic mass is 79.9. The summed E-state index contributed by atoms with van der Waals surface area (Å²) in [6, 6.07) is 7.80. The Morgan fingerprint density at radius 1 is 1.53 bits per heavy atom. The second-order valence-electron chi connectivity index (χ2n) is 4.39.